The average Bonchev–Trinajstić information content (AvgIpc) is 2.40. The van der Waals surface area contributed by atoms with Gasteiger partial charge in [-0.1, -0.05) is 20.3 Å². The van der Waals surface area contributed by atoms with Crippen LogP contribution in [0.25, 0.3) is 0 Å². The Morgan fingerprint density at radius 3 is 2.63 bits per heavy atom. The highest BCUT2D eigenvalue weighted by molar-refractivity contribution is 5.86. The molecule has 110 valence electrons. The zero-order valence-electron chi connectivity index (χ0n) is 12.3. The van der Waals surface area contributed by atoms with Gasteiger partial charge >= 0.3 is 0 Å². The van der Waals surface area contributed by atoms with E-state index in [0.717, 1.165) is 25.7 Å². The highest BCUT2D eigenvalue weighted by Gasteiger charge is 2.35. The molecule has 19 heavy (non-hydrogen) atoms. The second-order valence-corrected chi connectivity index (χ2v) is 5.49. The molecule has 1 aliphatic carbocycles. The summed E-state index contributed by atoms with van der Waals surface area (Å²) in [6.45, 7) is 4.85. The number of amides is 2. The number of nitrogens with zero attached hydrogens (tertiary/aromatic N) is 1. The second-order valence-electron chi connectivity index (χ2n) is 5.49. The molecule has 0 spiro atoms. The van der Waals surface area contributed by atoms with Crippen molar-refractivity contribution in [2.45, 2.75) is 45.6 Å². The van der Waals surface area contributed by atoms with Crippen LogP contribution in [0.1, 0.15) is 39.5 Å². The van der Waals surface area contributed by atoms with Gasteiger partial charge in [0.15, 0.2) is 0 Å². The first-order chi connectivity index (χ1) is 9.01. The molecule has 0 radical (unpaired) electrons. The molecule has 0 aromatic carbocycles. The van der Waals surface area contributed by atoms with E-state index in [-0.39, 0.29) is 36.2 Å². The molecular formula is C14H27N3O2. The first-order valence-corrected chi connectivity index (χ1v) is 7.26. The minimum Gasteiger partial charge on any atom is -0.358 e. The summed E-state index contributed by atoms with van der Waals surface area (Å²) in [5, 5.41) is 2.57. The van der Waals surface area contributed by atoms with Gasteiger partial charge in [-0.25, -0.2) is 0 Å². The summed E-state index contributed by atoms with van der Waals surface area (Å²) in [7, 11) is 1.59. The van der Waals surface area contributed by atoms with Crippen LogP contribution in [0.4, 0.5) is 0 Å². The molecule has 0 aromatic heterocycles. The topological polar surface area (TPSA) is 75.4 Å². The van der Waals surface area contributed by atoms with Crippen molar-refractivity contribution in [1.82, 2.24) is 10.2 Å². The Hall–Kier alpha value is -1.10. The Bertz CT molecular complexity index is 320. The number of carbonyl (C=O) groups excluding carboxylic acids is 2. The number of hydrogen-bond acceptors (Lipinski definition) is 3. The Balaban J connectivity index is 2.71. The maximum absolute atomic E-state index is 12.6. The molecule has 1 aliphatic rings. The van der Waals surface area contributed by atoms with Gasteiger partial charge < -0.3 is 16.0 Å². The van der Waals surface area contributed by atoms with Gasteiger partial charge in [0.25, 0.3) is 0 Å². The minimum atomic E-state index is -0.116. The first kappa shape index (κ1) is 16.0. The van der Waals surface area contributed by atoms with E-state index >= 15 is 0 Å². The van der Waals surface area contributed by atoms with Crippen LogP contribution in [0.15, 0.2) is 0 Å². The Morgan fingerprint density at radius 2 is 2.05 bits per heavy atom. The Kier molecular flexibility index (Phi) is 6.28. The van der Waals surface area contributed by atoms with Gasteiger partial charge in [-0.2, -0.15) is 0 Å². The van der Waals surface area contributed by atoms with Gasteiger partial charge in [0.05, 0.1) is 6.54 Å². The number of carbonyl (C=O) groups is 2. The van der Waals surface area contributed by atoms with Crippen molar-refractivity contribution in [3.8, 4) is 0 Å². The van der Waals surface area contributed by atoms with Crippen LogP contribution in [-0.2, 0) is 9.59 Å². The number of nitrogens with two attached hydrogens (primary N) is 1. The van der Waals surface area contributed by atoms with Crippen molar-refractivity contribution < 1.29 is 9.59 Å². The van der Waals surface area contributed by atoms with E-state index < -0.39 is 0 Å². The van der Waals surface area contributed by atoms with Crippen molar-refractivity contribution >= 4 is 11.8 Å². The highest BCUT2D eigenvalue weighted by Crippen LogP contribution is 2.30. The fraction of sp³-hybridized carbons (Fsp3) is 0.857. The van der Waals surface area contributed by atoms with Crippen molar-refractivity contribution in [1.29, 1.82) is 0 Å². The Labute approximate surface area is 115 Å². The summed E-state index contributed by atoms with van der Waals surface area (Å²) in [5.41, 5.74) is 6.06. The van der Waals surface area contributed by atoms with Gasteiger partial charge in [0, 0.05) is 25.6 Å². The molecule has 0 heterocycles. The van der Waals surface area contributed by atoms with Gasteiger partial charge in [-0.3, -0.25) is 9.59 Å². The highest BCUT2D eigenvalue weighted by atomic mass is 16.2. The van der Waals surface area contributed by atoms with Crippen molar-refractivity contribution in [3.63, 3.8) is 0 Å². The predicted octanol–water partition coefficient (Wildman–Crippen LogP) is 0.735. The van der Waals surface area contributed by atoms with Crippen LogP contribution in [0, 0.1) is 11.8 Å². The fourth-order valence-electron chi connectivity index (χ4n) is 2.77. The zero-order chi connectivity index (χ0) is 14.4. The summed E-state index contributed by atoms with van der Waals surface area (Å²) in [6.07, 6.45) is 3.74. The monoisotopic (exact) mass is 269 g/mol. The summed E-state index contributed by atoms with van der Waals surface area (Å²) >= 11 is 0. The van der Waals surface area contributed by atoms with Crippen molar-refractivity contribution in [2.75, 3.05) is 20.1 Å². The van der Waals surface area contributed by atoms with Crippen LogP contribution in [-0.4, -0.2) is 42.9 Å². The van der Waals surface area contributed by atoms with Crippen molar-refractivity contribution in [3.05, 3.63) is 0 Å². The molecule has 1 saturated carbocycles. The van der Waals surface area contributed by atoms with Crippen molar-refractivity contribution in [2.24, 2.45) is 17.6 Å². The summed E-state index contributed by atoms with van der Waals surface area (Å²) in [6, 6.07) is 0.103. The molecule has 0 saturated heterocycles. The van der Waals surface area contributed by atoms with Crippen LogP contribution >= 0.6 is 0 Å². The number of nitrogens with one attached hydrogen (secondary N) is 1. The predicted molar refractivity (Wildman–Crippen MR) is 75.4 cm³/mol. The second kappa shape index (κ2) is 7.48. The number of likely N-dealkylation sites (N-methyl/N-ethyl adjacent to an activating group) is 1. The third-order valence-corrected chi connectivity index (χ3v) is 4.10. The quantitative estimate of drug-likeness (QED) is 0.773. The molecule has 5 nitrogen and oxygen atoms in total. The lowest BCUT2D eigenvalue weighted by Gasteiger charge is -2.36. The summed E-state index contributed by atoms with van der Waals surface area (Å²) < 4.78 is 0. The van der Waals surface area contributed by atoms with E-state index in [9.17, 15) is 9.59 Å². The molecular weight excluding hydrogens is 242 g/mol. The maximum atomic E-state index is 12.6. The molecule has 0 aromatic rings. The van der Waals surface area contributed by atoms with Crippen LogP contribution in [0.3, 0.4) is 0 Å². The van der Waals surface area contributed by atoms with Crippen LogP contribution in [0.2, 0.25) is 0 Å². The molecule has 1 rings (SSSR count). The molecule has 2 amide bonds. The van der Waals surface area contributed by atoms with E-state index in [0.29, 0.717) is 6.54 Å². The zero-order valence-corrected chi connectivity index (χ0v) is 12.3. The largest absolute Gasteiger partial charge is 0.358 e. The van der Waals surface area contributed by atoms with E-state index in [2.05, 4.69) is 12.2 Å². The number of hydrogen-bond donors (Lipinski definition) is 2. The minimum absolute atomic E-state index is 0.0278. The lowest BCUT2D eigenvalue weighted by molar-refractivity contribution is -0.142. The van der Waals surface area contributed by atoms with E-state index in [1.807, 2.05) is 6.92 Å². The molecule has 3 atom stereocenters. The van der Waals surface area contributed by atoms with Gasteiger partial charge in [-0.15, -0.1) is 0 Å². The van der Waals surface area contributed by atoms with Gasteiger partial charge in [0.1, 0.15) is 0 Å². The molecule has 0 aliphatic heterocycles. The smallest absolute Gasteiger partial charge is 0.239 e. The molecule has 1 fully saturated rings. The maximum Gasteiger partial charge on any atom is 0.239 e. The van der Waals surface area contributed by atoms with Crippen LogP contribution < -0.4 is 11.1 Å². The molecule has 3 N–H and O–H groups in total. The summed E-state index contributed by atoms with van der Waals surface area (Å²) in [4.78, 5) is 25.8. The Morgan fingerprint density at radius 1 is 1.37 bits per heavy atom. The molecule has 3 unspecified atom stereocenters. The lowest BCUT2D eigenvalue weighted by Crippen LogP contribution is -2.48. The average molecular weight is 269 g/mol. The first-order valence-electron chi connectivity index (χ1n) is 7.26. The van der Waals surface area contributed by atoms with E-state index in [1.165, 1.54) is 0 Å². The SMILES string of the molecule is CCCN(CC(=O)NC)C(=O)C1CCCC(N)C1C. The van der Waals surface area contributed by atoms with Gasteiger partial charge in [-0.05, 0) is 25.2 Å². The fourth-order valence-corrected chi connectivity index (χ4v) is 2.77. The normalized spacial score (nSPS) is 26.8. The molecule has 5 heteroatoms. The third-order valence-electron chi connectivity index (χ3n) is 4.10. The van der Waals surface area contributed by atoms with Crippen LogP contribution in [0.5, 0.6) is 0 Å². The standard InChI is InChI=1S/C14H27N3O2/c1-4-8-17(9-13(18)16-3)14(19)11-6-5-7-12(15)10(11)2/h10-12H,4-9,15H2,1-3H3,(H,16,18). The lowest BCUT2D eigenvalue weighted by atomic mass is 9.76. The van der Waals surface area contributed by atoms with E-state index in [1.54, 1.807) is 11.9 Å². The molecule has 0 bridgehead atoms. The van der Waals surface area contributed by atoms with E-state index in [4.69, 9.17) is 5.73 Å². The summed E-state index contributed by atoms with van der Waals surface area (Å²) in [5.74, 6) is 0.146. The number of rotatable bonds is 5. The van der Waals surface area contributed by atoms with Gasteiger partial charge in [0.2, 0.25) is 11.8 Å². The third kappa shape index (κ3) is 4.20.